The van der Waals surface area contributed by atoms with Crippen molar-refractivity contribution in [3.63, 3.8) is 0 Å². The molecule has 1 heterocycles. The van der Waals surface area contributed by atoms with Gasteiger partial charge in [0, 0.05) is 12.6 Å². The highest BCUT2D eigenvalue weighted by Crippen LogP contribution is 2.17. The van der Waals surface area contributed by atoms with E-state index in [0.717, 1.165) is 11.6 Å². The highest BCUT2D eigenvalue weighted by molar-refractivity contribution is 7.89. The zero-order chi connectivity index (χ0) is 15.5. The first-order valence-electron chi connectivity index (χ1n) is 6.44. The molecule has 1 aromatic heterocycles. The zero-order valence-electron chi connectivity index (χ0n) is 11.5. The molecule has 1 atom stereocenters. The lowest BCUT2D eigenvalue weighted by Crippen LogP contribution is -2.34. The second-order valence-electron chi connectivity index (χ2n) is 4.83. The Morgan fingerprint density at radius 1 is 1.33 bits per heavy atom. The maximum absolute atomic E-state index is 13.9. The van der Waals surface area contributed by atoms with Crippen molar-refractivity contribution in [2.75, 3.05) is 0 Å². The third-order valence-corrected chi connectivity index (χ3v) is 5.35. The topological polar surface area (TPSA) is 72.2 Å². The molecule has 0 fully saturated rings. The van der Waals surface area contributed by atoms with Crippen molar-refractivity contribution in [2.24, 2.45) is 5.73 Å². The van der Waals surface area contributed by atoms with Gasteiger partial charge in [-0.05, 0) is 53.4 Å². The monoisotopic (exact) mass is 328 g/mol. The van der Waals surface area contributed by atoms with Gasteiger partial charge >= 0.3 is 0 Å². The summed E-state index contributed by atoms with van der Waals surface area (Å²) in [6.45, 7) is 1.92. The number of benzene rings is 1. The van der Waals surface area contributed by atoms with Crippen LogP contribution in [0.2, 0.25) is 0 Å². The van der Waals surface area contributed by atoms with Crippen LogP contribution in [0.3, 0.4) is 0 Å². The summed E-state index contributed by atoms with van der Waals surface area (Å²) in [5, 5.41) is 3.89. The second kappa shape index (κ2) is 6.65. The third kappa shape index (κ3) is 4.10. The molecule has 114 valence electrons. The van der Waals surface area contributed by atoms with E-state index in [2.05, 4.69) is 4.72 Å². The highest BCUT2D eigenvalue weighted by Gasteiger charge is 2.21. The molecule has 0 amide bonds. The molecule has 0 radical (unpaired) electrons. The van der Waals surface area contributed by atoms with E-state index in [1.165, 1.54) is 12.1 Å². The SMILES string of the molecule is CC(Cc1ccsc1)NS(=O)(=O)c1ccc(CN)cc1F. The quantitative estimate of drug-likeness (QED) is 0.854. The molecule has 7 heteroatoms. The first-order valence-corrected chi connectivity index (χ1v) is 8.87. The average molecular weight is 328 g/mol. The highest BCUT2D eigenvalue weighted by atomic mass is 32.2. The van der Waals surface area contributed by atoms with Crippen molar-refractivity contribution >= 4 is 21.4 Å². The summed E-state index contributed by atoms with van der Waals surface area (Å²) in [5.41, 5.74) is 7.01. The Bertz CT molecular complexity index is 700. The number of sulfonamides is 1. The van der Waals surface area contributed by atoms with Gasteiger partial charge in [0.25, 0.3) is 0 Å². The van der Waals surface area contributed by atoms with Gasteiger partial charge in [-0.3, -0.25) is 0 Å². The zero-order valence-corrected chi connectivity index (χ0v) is 13.2. The van der Waals surface area contributed by atoms with E-state index in [1.54, 1.807) is 18.3 Å². The number of halogens is 1. The molecule has 4 nitrogen and oxygen atoms in total. The smallest absolute Gasteiger partial charge is 0.243 e. The Labute approximate surface area is 127 Å². The number of hydrogen-bond acceptors (Lipinski definition) is 4. The van der Waals surface area contributed by atoms with Crippen LogP contribution in [-0.2, 0) is 23.0 Å². The normalized spacial score (nSPS) is 13.3. The van der Waals surface area contributed by atoms with Gasteiger partial charge in [-0.1, -0.05) is 6.07 Å². The van der Waals surface area contributed by atoms with Crippen molar-refractivity contribution in [1.29, 1.82) is 0 Å². The van der Waals surface area contributed by atoms with Crippen LogP contribution in [0.25, 0.3) is 0 Å². The molecular weight excluding hydrogens is 311 g/mol. The van der Waals surface area contributed by atoms with E-state index in [0.29, 0.717) is 12.0 Å². The Kier molecular flexibility index (Phi) is 5.10. The lowest BCUT2D eigenvalue weighted by Gasteiger charge is -2.14. The number of nitrogens with one attached hydrogen (secondary N) is 1. The molecule has 1 aromatic carbocycles. The standard InChI is InChI=1S/C14H17FN2O2S2/c1-10(6-12-4-5-20-9-12)17-21(18,19)14-3-2-11(8-16)7-13(14)15/h2-5,7,9-10,17H,6,8,16H2,1H3. The Hall–Kier alpha value is -1.28. The molecule has 0 aliphatic heterocycles. The van der Waals surface area contributed by atoms with E-state index in [1.807, 2.05) is 16.8 Å². The van der Waals surface area contributed by atoms with Crippen LogP contribution in [0.15, 0.2) is 39.9 Å². The summed E-state index contributed by atoms with van der Waals surface area (Å²) in [6, 6.07) is 5.53. The van der Waals surface area contributed by atoms with E-state index < -0.39 is 15.8 Å². The van der Waals surface area contributed by atoms with Crippen LogP contribution in [-0.4, -0.2) is 14.5 Å². The Morgan fingerprint density at radius 3 is 2.67 bits per heavy atom. The Morgan fingerprint density at radius 2 is 2.10 bits per heavy atom. The molecule has 0 bridgehead atoms. The van der Waals surface area contributed by atoms with Gasteiger partial charge in [0.1, 0.15) is 10.7 Å². The summed E-state index contributed by atoms with van der Waals surface area (Å²) in [4.78, 5) is -0.350. The number of nitrogens with two attached hydrogens (primary N) is 1. The number of rotatable bonds is 6. The molecule has 2 rings (SSSR count). The summed E-state index contributed by atoms with van der Waals surface area (Å²) in [5.74, 6) is -0.784. The van der Waals surface area contributed by atoms with Crippen LogP contribution in [0.4, 0.5) is 4.39 Å². The fraction of sp³-hybridized carbons (Fsp3) is 0.286. The van der Waals surface area contributed by atoms with Crippen molar-refractivity contribution in [1.82, 2.24) is 4.72 Å². The molecule has 0 aliphatic carbocycles. The minimum atomic E-state index is -3.88. The molecule has 3 N–H and O–H groups in total. The minimum absolute atomic E-state index is 0.166. The third-order valence-electron chi connectivity index (χ3n) is 3.00. The van der Waals surface area contributed by atoms with Gasteiger partial charge in [0.05, 0.1) is 0 Å². The molecule has 0 aliphatic rings. The summed E-state index contributed by atoms with van der Waals surface area (Å²) >= 11 is 1.55. The fourth-order valence-electron chi connectivity index (χ4n) is 2.02. The first kappa shape index (κ1) is 16.1. The van der Waals surface area contributed by atoms with Gasteiger partial charge in [0.15, 0.2) is 0 Å². The van der Waals surface area contributed by atoms with E-state index in [4.69, 9.17) is 5.73 Å². The van der Waals surface area contributed by atoms with Crippen LogP contribution in [0.1, 0.15) is 18.1 Å². The molecule has 0 saturated heterocycles. The summed E-state index contributed by atoms with van der Waals surface area (Å²) in [6.07, 6.45) is 0.561. The average Bonchev–Trinajstić information content (AvgIpc) is 2.90. The number of thiophene rings is 1. The lowest BCUT2D eigenvalue weighted by atomic mass is 10.1. The molecule has 21 heavy (non-hydrogen) atoms. The van der Waals surface area contributed by atoms with Crippen LogP contribution < -0.4 is 10.5 Å². The minimum Gasteiger partial charge on any atom is -0.326 e. The van der Waals surface area contributed by atoms with Gasteiger partial charge in [-0.15, -0.1) is 0 Å². The molecule has 1 unspecified atom stereocenters. The van der Waals surface area contributed by atoms with Crippen molar-refractivity contribution in [2.45, 2.75) is 30.8 Å². The lowest BCUT2D eigenvalue weighted by molar-refractivity contribution is 0.541. The molecular formula is C14H17FN2O2S2. The predicted octanol–water partition coefficient (Wildman–Crippen LogP) is 2.26. The largest absolute Gasteiger partial charge is 0.326 e. The first-order chi connectivity index (χ1) is 9.92. The summed E-state index contributed by atoms with van der Waals surface area (Å²) < 4.78 is 40.8. The van der Waals surface area contributed by atoms with Crippen molar-refractivity contribution in [3.05, 3.63) is 52.0 Å². The van der Waals surface area contributed by atoms with E-state index in [9.17, 15) is 12.8 Å². The van der Waals surface area contributed by atoms with Crippen molar-refractivity contribution < 1.29 is 12.8 Å². The molecule has 0 spiro atoms. The maximum Gasteiger partial charge on any atom is 0.243 e. The Balaban J connectivity index is 2.14. The summed E-state index contributed by atoms with van der Waals surface area (Å²) in [7, 11) is -3.88. The van der Waals surface area contributed by atoms with Crippen LogP contribution in [0, 0.1) is 5.82 Å². The van der Waals surface area contributed by atoms with Gasteiger partial charge in [-0.25, -0.2) is 17.5 Å². The van der Waals surface area contributed by atoms with Crippen LogP contribution in [0.5, 0.6) is 0 Å². The van der Waals surface area contributed by atoms with Crippen LogP contribution >= 0.6 is 11.3 Å². The van der Waals surface area contributed by atoms with E-state index >= 15 is 0 Å². The predicted molar refractivity (Wildman–Crippen MR) is 82.1 cm³/mol. The van der Waals surface area contributed by atoms with E-state index in [-0.39, 0.29) is 17.5 Å². The molecule has 0 saturated carbocycles. The second-order valence-corrected chi connectivity index (χ2v) is 7.29. The van der Waals surface area contributed by atoms with Gasteiger partial charge in [0.2, 0.25) is 10.0 Å². The van der Waals surface area contributed by atoms with Gasteiger partial charge < -0.3 is 5.73 Å². The number of hydrogen-bond donors (Lipinski definition) is 2. The molecule has 2 aromatic rings. The van der Waals surface area contributed by atoms with Gasteiger partial charge in [-0.2, -0.15) is 11.3 Å². The van der Waals surface area contributed by atoms with Crippen molar-refractivity contribution in [3.8, 4) is 0 Å². The fourth-order valence-corrected chi connectivity index (χ4v) is 4.01. The maximum atomic E-state index is 13.9.